The molecule has 1 heterocycles. The fourth-order valence-corrected chi connectivity index (χ4v) is 1.87. The minimum absolute atomic E-state index is 0.855. The number of hydrogen-bond acceptors (Lipinski definition) is 3. The van der Waals surface area contributed by atoms with Crippen molar-refractivity contribution in [3.63, 3.8) is 0 Å². The highest BCUT2D eigenvalue weighted by Crippen LogP contribution is 2.05. The summed E-state index contributed by atoms with van der Waals surface area (Å²) in [4.78, 5) is 0. The summed E-state index contributed by atoms with van der Waals surface area (Å²) in [6.07, 6.45) is 3.18. The maximum Gasteiger partial charge on any atom is 0.0625 e. The molecule has 0 fully saturated rings. The Labute approximate surface area is 111 Å². The van der Waals surface area contributed by atoms with Gasteiger partial charge in [-0.1, -0.05) is 13.8 Å². The van der Waals surface area contributed by atoms with E-state index in [1.807, 2.05) is 0 Å². The highest BCUT2D eigenvalue weighted by atomic mass is 16.5. The zero-order valence-corrected chi connectivity index (χ0v) is 12.0. The van der Waals surface area contributed by atoms with Crippen molar-refractivity contribution in [3.05, 3.63) is 17.5 Å². The van der Waals surface area contributed by atoms with Crippen LogP contribution in [0.25, 0.3) is 0 Å². The largest absolute Gasteiger partial charge is 0.381 e. The van der Waals surface area contributed by atoms with Gasteiger partial charge in [0, 0.05) is 26.3 Å². The van der Waals surface area contributed by atoms with Gasteiger partial charge in [0.25, 0.3) is 0 Å². The molecule has 0 amide bonds. The highest BCUT2D eigenvalue weighted by molar-refractivity contribution is 5.10. The number of nitrogens with one attached hydrogen (secondary N) is 1. The molecule has 0 saturated heterocycles. The summed E-state index contributed by atoms with van der Waals surface area (Å²) in [6.45, 7) is 11.0. The highest BCUT2D eigenvalue weighted by Gasteiger charge is 2.04. The minimum Gasteiger partial charge on any atom is -0.381 e. The molecule has 0 atom stereocenters. The maximum absolute atomic E-state index is 5.44. The van der Waals surface area contributed by atoms with Crippen LogP contribution in [-0.4, -0.2) is 29.5 Å². The average Bonchev–Trinajstić information content (AvgIpc) is 2.80. The van der Waals surface area contributed by atoms with Gasteiger partial charge in [-0.2, -0.15) is 5.10 Å². The zero-order chi connectivity index (χ0) is 13.2. The summed E-state index contributed by atoms with van der Waals surface area (Å²) in [5.74, 6) is 0. The Hall–Kier alpha value is -0.870. The second-order valence-corrected chi connectivity index (χ2v) is 4.44. The van der Waals surface area contributed by atoms with Crippen LogP contribution in [0.1, 0.15) is 45.0 Å². The lowest BCUT2D eigenvalue weighted by Crippen LogP contribution is -2.19. The van der Waals surface area contributed by atoms with E-state index in [0.29, 0.717) is 0 Å². The van der Waals surface area contributed by atoms with Crippen molar-refractivity contribution in [1.29, 1.82) is 0 Å². The molecule has 104 valence electrons. The Morgan fingerprint density at radius 1 is 1.28 bits per heavy atom. The first-order valence-corrected chi connectivity index (χ1v) is 7.15. The number of nitrogens with zero attached hydrogens (tertiary/aromatic N) is 2. The standard InChI is InChI=1S/C14H27N3O/c1-4-9-18-10-7-8-15-12-14-11-13(5-2)16-17(14)6-3/h11,15H,4-10,12H2,1-3H3. The van der Waals surface area contributed by atoms with E-state index in [9.17, 15) is 0 Å². The normalized spacial score (nSPS) is 11.1. The van der Waals surface area contributed by atoms with Gasteiger partial charge < -0.3 is 10.1 Å². The van der Waals surface area contributed by atoms with Crippen molar-refractivity contribution in [2.75, 3.05) is 19.8 Å². The van der Waals surface area contributed by atoms with Crippen molar-refractivity contribution in [3.8, 4) is 0 Å². The summed E-state index contributed by atoms with van der Waals surface area (Å²) in [5.41, 5.74) is 2.46. The fourth-order valence-electron chi connectivity index (χ4n) is 1.87. The number of rotatable bonds is 10. The van der Waals surface area contributed by atoms with Gasteiger partial charge in [0.05, 0.1) is 11.4 Å². The molecule has 1 rings (SSSR count). The van der Waals surface area contributed by atoms with Gasteiger partial charge in [0.2, 0.25) is 0 Å². The Bertz CT molecular complexity index is 323. The van der Waals surface area contributed by atoms with E-state index in [2.05, 4.69) is 41.9 Å². The summed E-state index contributed by atoms with van der Waals surface area (Å²) in [7, 11) is 0. The number of hydrogen-bond donors (Lipinski definition) is 1. The monoisotopic (exact) mass is 253 g/mol. The topological polar surface area (TPSA) is 39.1 Å². The van der Waals surface area contributed by atoms with Crippen molar-refractivity contribution in [1.82, 2.24) is 15.1 Å². The molecule has 0 unspecified atom stereocenters. The molecule has 0 aromatic carbocycles. The second-order valence-electron chi connectivity index (χ2n) is 4.44. The van der Waals surface area contributed by atoms with E-state index >= 15 is 0 Å². The van der Waals surface area contributed by atoms with E-state index in [1.165, 1.54) is 11.4 Å². The van der Waals surface area contributed by atoms with Crippen LogP contribution in [0.15, 0.2) is 6.07 Å². The van der Waals surface area contributed by atoms with Crippen LogP contribution in [0, 0.1) is 0 Å². The van der Waals surface area contributed by atoms with Crippen LogP contribution in [0.3, 0.4) is 0 Å². The first kappa shape index (κ1) is 15.2. The molecule has 0 radical (unpaired) electrons. The summed E-state index contributed by atoms with van der Waals surface area (Å²) in [6, 6.07) is 2.20. The molecule has 1 N–H and O–H groups in total. The van der Waals surface area contributed by atoms with Gasteiger partial charge in [-0.3, -0.25) is 4.68 Å². The molecule has 1 aromatic rings. The third kappa shape index (κ3) is 5.19. The number of aromatic nitrogens is 2. The smallest absolute Gasteiger partial charge is 0.0625 e. The molecule has 4 nitrogen and oxygen atoms in total. The van der Waals surface area contributed by atoms with Gasteiger partial charge in [-0.15, -0.1) is 0 Å². The Balaban J connectivity index is 2.20. The van der Waals surface area contributed by atoms with Gasteiger partial charge in [-0.25, -0.2) is 0 Å². The van der Waals surface area contributed by atoms with Crippen LogP contribution in [0.5, 0.6) is 0 Å². The van der Waals surface area contributed by atoms with Crippen molar-refractivity contribution < 1.29 is 4.74 Å². The molecule has 18 heavy (non-hydrogen) atoms. The van der Waals surface area contributed by atoms with Gasteiger partial charge in [0.15, 0.2) is 0 Å². The minimum atomic E-state index is 0.855. The zero-order valence-electron chi connectivity index (χ0n) is 12.0. The van der Waals surface area contributed by atoms with E-state index < -0.39 is 0 Å². The number of aryl methyl sites for hydroxylation is 2. The molecule has 0 bridgehead atoms. The van der Waals surface area contributed by atoms with E-state index in [0.717, 1.165) is 52.1 Å². The molecule has 1 aromatic heterocycles. The Morgan fingerprint density at radius 3 is 2.78 bits per heavy atom. The molecule has 0 aliphatic carbocycles. The third-order valence-corrected chi connectivity index (χ3v) is 2.87. The van der Waals surface area contributed by atoms with Crippen LogP contribution < -0.4 is 5.32 Å². The van der Waals surface area contributed by atoms with Crippen LogP contribution in [0.2, 0.25) is 0 Å². The van der Waals surface area contributed by atoms with Gasteiger partial charge in [-0.05, 0) is 38.8 Å². The molecule has 4 heteroatoms. The molecule has 0 aliphatic heterocycles. The quantitative estimate of drug-likeness (QED) is 0.651. The molecule has 0 aliphatic rings. The fraction of sp³-hybridized carbons (Fsp3) is 0.786. The first-order chi connectivity index (χ1) is 8.81. The van der Waals surface area contributed by atoms with Gasteiger partial charge in [0.1, 0.15) is 0 Å². The summed E-state index contributed by atoms with van der Waals surface area (Å²) >= 11 is 0. The first-order valence-electron chi connectivity index (χ1n) is 7.15. The Morgan fingerprint density at radius 2 is 2.11 bits per heavy atom. The van der Waals surface area contributed by atoms with Crippen LogP contribution >= 0.6 is 0 Å². The van der Waals surface area contributed by atoms with Crippen LogP contribution in [-0.2, 0) is 24.2 Å². The molecular weight excluding hydrogens is 226 g/mol. The number of ether oxygens (including phenoxy) is 1. The second kappa shape index (κ2) is 9.11. The lowest BCUT2D eigenvalue weighted by atomic mass is 10.3. The van der Waals surface area contributed by atoms with Gasteiger partial charge >= 0.3 is 0 Å². The van der Waals surface area contributed by atoms with Crippen molar-refractivity contribution >= 4 is 0 Å². The molecule has 0 spiro atoms. The lowest BCUT2D eigenvalue weighted by Gasteiger charge is -2.07. The van der Waals surface area contributed by atoms with E-state index in [1.54, 1.807) is 0 Å². The third-order valence-electron chi connectivity index (χ3n) is 2.87. The predicted octanol–water partition coefficient (Wildman–Crippen LogP) is 2.37. The lowest BCUT2D eigenvalue weighted by molar-refractivity contribution is 0.132. The average molecular weight is 253 g/mol. The maximum atomic E-state index is 5.44. The molecule has 0 saturated carbocycles. The van der Waals surface area contributed by atoms with Crippen molar-refractivity contribution in [2.24, 2.45) is 0 Å². The molecular formula is C14H27N3O. The summed E-state index contributed by atoms with van der Waals surface area (Å²) in [5, 5.41) is 7.99. The summed E-state index contributed by atoms with van der Waals surface area (Å²) < 4.78 is 7.53. The van der Waals surface area contributed by atoms with E-state index in [-0.39, 0.29) is 0 Å². The van der Waals surface area contributed by atoms with Crippen molar-refractivity contribution in [2.45, 2.75) is 53.1 Å². The van der Waals surface area contributed by atoms with E-state index in [4.69, 9.17) is 4.74 Å². The predicted molar refractivity (Wildman–Crippen MR) is 74.7 cm³/mol. The van der Waals surface area contributed by atoms with Crippen LogP contribution in [0.4, 0.5) is 0 Å². The Kier molecular flexibility index (Phi) is 7.69. The SMILES string of the molecule is CCCOCCCNCc1cc(CC)nn1CC.